The molecule has 1 aliphatic heterocycles. The van der Waals surface area contributed by atoms with Gasteiger partial charge in [0.1, 0.15) is 0 Å². The zero-order valence-electron chi connectivity index (χ0n) is 12.9. The van der Waals surface area contributed by atoms with Crippen LogP contribution < -0.4 is 5.32 Å². The lowest BCUT2D eigenvalue weighted by molar-refractivity contribution is 0.106. The van der Waals surface area contributed by atoms with Gasteiger partial charge in [-0.15, -0.1) is 0 Å². The van der Waals surface area contributed by atoms with Crippen LogP contribution in [0.5, 0.6) is 0 Å². The van der Waals surface area contributed by atoms with Crippen molar-refractivity contribution >= 4 is 0 Å². The quantitative estimate of drug-likeness (QED) is 0.881. The third-order valence-electron chi connectivity index (χ3n) is 5.15. The molecule has 1 saturated carbocycles. The molecule has 2 atom stereocenters. The van der Waals surface area contributed by atoms with Crippen molar-refractivity contribution in [3.63, 3.8) is 0 Å². The molecule has 1 heterocycles. The fraction of sp³-hybridized carbons (Fsp3) is 0.667. The van der Waals surface area contributed by atoms with Crippen LogP contribution >= 0.6 is 0 Å². The standard InChI is InChI=1S/C18H28N2/c1-14-6-5-11-20(15(14)2)13-17-8-4-3-7-16(17)12-19-18-9-10-18/h3-4,7-8,14-15,18-19H,5-6,9-13H2,1-2H3. The van der Waals surface area contributed by atoms with Gasteiger partial charge in [-0.25, -0.2) is 0 Å². The predicted molar refractivity (Wildman–Crippen MR) is 84.6 cm³/mol. The summed E-state index contributed by atoms with van der Waals surface area (Å²) in [6.07, 6.45) is 5.47. The second kappa shape index (κ2) is 6.28. The Hall–Kier alpha value is -0.860. The van der Waals surface area contributed by atoms with Crippen LogP contribution in [0.1, 0.15) is 50.7 Å². The number of hydrogen-bond acceptors (Lipinski definition) is 2. The van der Waals surface area contributed by atoms with E-state index in [2.05, 4.69) is 48.3 Å². The second-order valence-corrected chi connectivity index (χ2v) is 6.75. The van der Waals surface area contributed by atoms with Crippen molar-refractivity contribution in [3.05, 3.63) is 35.4 Å². The molecule has 1 aromatic carbocycles. The average molecular weight is 272 g/mol. The van der Waals surface area contributed by atoms with E-state index >= 15 is 0 Å². The van der Waals surface area contributed by atoms with Gasteiger partial charge in [0.05, 0.1) is 0 Å². The van der Waals surface area contributed by atoms with Crippen LogP contribution in [0, 0.1) is 5.92 Å². The molecule has 0 amide bonds. The Bertz CT molecular complexity index is 439. The van der Waals surface area contributed by atoms with Crippen LogP contribution in [0.15, 0.2) is 24.3 Å². The van der Waals surface area contributed by atoms with Crippen LogP contribution in [0.2, 0.25) is 0 Å². The largest absolute Gasteiger partial charge is 0.310 e. The highest BCUT2D eigenvalue weighted by atomic mass is 15.2. The molecule has 0 spiro atoms. The molecule has 1 N–H and O–H groups in total. The van der Waals surface area contributed by atoms with Crippen molar-refractivity contribution in [2.24, 2.45) is 5.92 Å². The molecule has 20 heavy (non-hydrogen) atoms. The summed E-state index contributed by atoms with van der Waals surface area (Å²) in [5.41, 5.74) is 3.01. The van der Waals surface area contributed by atoms with Crippen molar-refractivity contribution < 1.29 is 0 Å². The Morgan fingerprint density at radius 1 is 1.10 bits per heavy atom. The van der Waals surface area contributed by atoms with Gasteiger partial charge in [0.2, 0.25) is 0 Å². The van der Waals surface area contributed by atoms with Gasteiger partial charge < -0.3 is 5.32 Å². The number of nitrogens with one attached hydrogen (secondary N) is 1. The summed E-state index contributed by atoms with van der Waals surface area (Å²) in [6.45, 7) is 8.22. The Labute approximate surface area is 123 Å². The Morgan fingerprint density at radius 2 is 1.85 bits per heavy atom. The van der Waals surface area contributed by atoms with Crippen LogP contribution in [0.4, 0.5) is 0 Å². The SMILES string of the molecule is CC1CCCN(Cc2ccccc2CNC2CC2)C1C. The highest BCUT2D eigenvalue weighted by Crippen LogP contribution is 2.26. The minimum absolute atomic E-state index is 0.716. The van der Waals surface area contributed by atoms with E-state index < -0.39 is 0 Å². The number of rotatable bonds is 5. The molecule has 1 aromatic rings. The number of benzene rings is 1. The Balaban J connectivity index is 1.66. The van der Waals surface area contributed by atoms with Gasteiger partial charge in [-0.1, -0.05) is 31.2 Å². The average Bonchev–Trinajstić information content (AvgIpc) is 3.27. The van der Waals surface area contributed by atoms with Gasteiger partial charge >= 0.3 is 0 Å². The van der Waals surface area contributed by atoms with Crippen molar-refractivity contribution in [2.75, 3.05) is 6.54 Å². The molecule has 2 nitrogen and oxygen atoms in total. The molecule has 2 unspecified atom stereocenters. The molecular weight excluding hydrogens is 244 g/mol. The summed E-state index contributed by atoms with van der Waals surface area (Å²) in [5, 5.41) is 3.65. The minimum Gasteiger partial charge on any atom is -0.310 e. The molecule has 1 aliphatic carbocycles. The van der Waals surface area contributed by atoms with Crippen molar-refractivity contribution in [2.45, 2.75) is 64.7 Å². The van der Waals surface area contributed by atoms with Gasteiger partial charge in [-0.3, -0.25) is 4.90 Å². The molecule has 1 saturated heterocycles. The van der Waals surface area contributed by atoms with Gasteiger partial charge in [-0.2, -0.15) is 0 Å². The number of nitrogens with zero attached hydrogens (tertiary/aromatic N) is 1. The maximum atomic E-state index is 3.65. The first-order valence-corrected chi connectivity index (χ1v) is 8.28. The molecule has 3 rings (SSSR count). The van der Waals surface area contributed by atoms with Crippen molar-refractivity contribution in [1.82, 2.24) is 10.2 Å². The van der Waals surface area contributed by atoms with Crippen LogP contribution in [0.3, 0.4) is 0 Å². The van der Waals surface area contributed by atoms with Gasteiger partial charge in [-0.05, 0) is 56.2 Å². The molecule has 2 aliphatic rings. The number of hydrogen-bond donors (Lipinski definition) is 1. The summed E-state index contributed by atoms with van der Waals surface area (Å²) < 4.78 is 0. The topological polar surface area (TPSA) is 15.3 Å². The molecule has 0 radical (unpaired) electrons. The predicted octanol–water partition coefficient (Wildman–Crippen LogP) is 3.56. The zero-order chi connectivity index (χ0) is 13.9. The van der Waals surface area contributed by atoms with Crippen LogP contribution in [0.25, 0.3) is 0 Å². The summed E-state index contributed by atoms with van der Waals surface area (Å²) >= 11 is 0. The van der Waals surface area contributed by atoms with E-state index in [0.717, 1.165) is 25.0 Å². The molecule has 0 bridgehead atoms. The molecular formula is C18H28N2. The third-order valence-corrected chi connectivity index (χ3v) is 5.15. The molecule has 2 heteroatoms. The highest BCUT2D eigenvalue weighted by molar-refractivity contribution is 5.27. The lowest BCUT2D eigenvalue weighted by atomic mass is 9.91. The van der Waals surface area contributed by atoms with E-state index in [1.54, 1.807) is 0 Å². The highest BCUT2D eigenvalue weighted by Gasteiger charge is 2.25. The maximum absolute atomic E-state index is 3.65. The smallest absolute Gasteiger partial charge is 0.0239 e. The lowest BCUT2D eigenvalue weighted by Crippen LogP contribution is -2.41. The van der Waals surface area contributed by atoms with E-state index in [4.69, 9.17) is 0 Å². The maximum Gasteiger partial charge on any atom is 0.0239 e. The Morgan fingerprint density at radius 3 is 2.60 bits per heavy atom. The first-order valence-electron chi connectivity index (χ1n) is 8.28. The van der Waals surface area contributed by atoms with E-state index in [1.165, 1.54) is 43.4 Å². The molecule has 2 fully saturated rings. The summed E-state index contributed by atoms with van der Waals surface area (Å²) in [5.74, 6) is 0.834. The fourth-order valence-electron chi connectivity index (χ4n) is 3.29. The van der Waals surface area contributed by atoms with Gasteiger partial charge in [0, 0.05) is 25.2 Å². The fourth-order valence-corrected chi connectivity index (χ4v) is 3.29. The van der Waals surface area contributed by atoms with E-state index in [0.29, 0.717) is 6.04 Å². The van der Waals surface area contributed by atoms with Crippen molar-refractivity contribution in [3.8, 4) is 0 Å². The monoisotopic (exact) mass is 272 g/mol. The van der Waals surface area contributed by atoms with Crippen molar-refractivity contribution in [1.29, 1.82) is 0 Å². The summed E-state index contributed by atoms with van der Waals surface area (Å²) in [6, 6.07) is 10.5. The van der Waals surface area contributed by atoms with E-state index in [-0.39, 0.29) is 0 Å². The van der Waals surface area contributed by atoms with Crippen LogP contribution in [-0.2, 0) is 13.1 Å². The summed E-state index contributed by atoms with van der Waals surface area (Å²) in [4.78, 5) is 2.67. The third kappa shape index (κ3) is 3.42. The van der Waals surface area contributed by atoms with E-state index in [9.17, 15) is 0 Å². The first kappa shape index (κ1) is 14.1. The minimum atomic E-state index is 0.716. The second-order valence-electron chi connectivity index (χ2n) is 6.75. The Kier molecular flexibility index (Phi) is 4.42. The van der Waals surface area contributed by atoms with Gasteiger partial charge in [0.15, 0.2) is 0 Å². The first-order chi connectivity index (χ1) is 9.74. The normalized spacial score (nSPS) is 27.7. The van der Waals surface area contributed by atoms with Crippen LogP contribution in [-0.4, -0.2) is 23.5 Å². The number of piperidine rings is 1. The summed E-state index contributed by atoms with van der Waals surface area (Å²) in [7, 11) is 0. The molecule has 110 valence electrons. The van der Waals surface area contributed by atoms with Gasteiger partial charge in [0.25, 0.3) is 0 Å². The van der Waals surface area contributed by atoms with E-state index in [1.807, 2.05) is 0 Å². The molecule has 0 aromatic heterocycles. The zero-order valence-corrected chi connectivity index (χ0v) is 12.9. The number of likely N-dealkylation sites (tertiary alicyclic amines) is 1. The lowest BCUT2D eigenvalue weighted by Gasteiger charge is -2.38.